The largest absolute Gasteiger partial charge is 0.339 e. The van der Waals surface area contributed by atoms with E-state index in [1.54, 1.807) is 24.0 Å². The van der Waals surface area contributed by atoms with Gasteiger partial charge in [0.2, 0.25) is 5.89 Å². The quantitative estimate of drug-likeness (QED) is 0.426. The smallest absolute Gasteiger partial charge is 0.270 e. The lowest BCUT2D eigenvalue weighted by molar-refractivity contribution is -0.385. The highest BCUT2D eigenvalue weighted by Gasteiger charge is 2.30. The summed E-state index contributed by atoms with van der Waals surface area (Å²) in [6.45, 7) is 2.60. The third-order valence-corrected chi connectivity index (χ3v) is 6.70. The van der Waals surface area contributed by atoms with E-state index in [1.165, 1.54) is 30.3 Å². The zero-order valence-electron chi connectivity index (χ0n) is 17.7. The number of hydrogen-bond acceptors (Lipinski definition) is 8. The van der Waals surface area contributed by atoms with E-state index in [-0.39, 0.29) is 33.7 Å². The second kappa shape index (κ2) is 8.98. The number of amides is 1. The van der Waals surface area contributed by atoms with Gasteiger partial charge in [0.25, 0.3) is 21.6 Å². The number of carbonyl (C=O) groups is 1. The number of benzene rings is 2. The summed E-state index contributed by atoms with van der Waals surface area (Å²) < 4.78 is 33.4. The van der Waals surface area contributed by atoms with E-state index in [0.29, 0.717) is 24.8 Å². The minimum atomic E-state index is -4.17. The van der Waals surface area contributed by atoms with E-state index in [1.807, 2.05) is 0 Å². The lowest BCUT2D eigenvalue weighted by Crippen LogP contribution is -2.39. The van der Waals surface area contributed by atoms with Crippen LogP contribution < -0.4 is 4.72 Å². The second-order valence-electron chi connectivity index (χ2n) is 7.68. The molecule has 1 fully saturated rings. The molecule has 0 bridgehead atoms. The van der Waals surface area contributed by atoms with Gasteiger partial charge in [-0.3, -0.25) is 19.6 Å². The maximum Gasteiger partial charge on any atom is 0.270 e. The summed E-state index contributed by atoms with van der Waals surface area (Å²) in [7, 11) is -4.17. The SMILES string of the molecule is Cc1noc(C2CCCN(C(=O)c3ccccc3NS(=O)(=O)c3cccc([N+](=O)[O-])c3)C2)n1. The van der Waals surface area contributed by atoms with E-state index < -0.39 is 14.9 Å². The zero-order valence-corrected chi connectivity index (χ0v) is 18.5. The number of nitrogens with zero attached hydrogens (tertiary/aromatic N) is 4. The second-order valence-corrected chi connectivity index (χ2v) is 9.36. The van der Waals surface area contributed by atoms with Crippen LogP contribution in [0.25, 0.3) is 0 Å². The van der Waals surface area contributed by atoms with Gasteiger partial charge in [-0.25, -0.2) is 8.42 Å². The number of piperidine rings is 1. The Bertz CT molecular complexity index is 1310. The first-order chi connectivity index (χ1) is 15.7. The molecule has 12 heteroatoms. The van der Waals surface area contributed by atoms with Gasteiger partial charge < -0.3 is 9.42 Å². The van der Waals surface area contributed by atoms with Crippen LogP contribution in [0.15, 0.2) is 57.9 Å². The summed E-state index contributed by atoms with van der Waals surface area (Å²) in [5.74, 6) is 0.560. The predicted octanol–water partition coefficient (Wildman–Crippen LogP) is 3.11. The number of nitro benzene ring substituents is 1. The van der Waals surface area contributed by atoms with Crippen LogP contribution in [-0.4, -0.2) is 47.4 Å². The van der Waals surface area contributed by atoms with Crippen molar-refractivity contribution < 1.29 is 22.7 Å². The minimum Gasteiger partial charge on any atom is -0.339 e. The van der Waals surface area contributed by atoms with Crippen molar-refractivity contribution in [2.45, 2.75) is 30.6 Å². The topological polar surface area (TPSA) is 149 Å². The highest BCUT2D eigenvalue weighted by molar-refractivity contribution is 7.92. The summed E-state index contributed by atoms with van der Waals surface area (Å²) >= 11 is 0. The monoisotopic (exact) mass is 471 g/mol. The van der Waals surface area contributed by atoms with Gasteiger partial charge in [0, 0.05) is 25.2 Å². The van der Waals surface area contributed by atoms with Crippen molar-refractivity contribution in [3.63, 3.8) is 0 Å². The van der Waals surface area contributed by atoms with E-state index in [0.717, 1.165) is 18.9 Å². The number of hydrogen-bond donors (Lipinski definition) is 1. The van der Waals surface area contributed by atoms with Crippen LogP contribution in [0.2, 0.25) is 0 Å². The number of nitro groups is 1. The van der Waals surface area contributed by atoms with Gasteiger partial charge in [-0.05, 0) is 38.0 Å². The first-order valence-corrected chi connectivity index (χ1v) is 11.7. The van der Waals surface area contributed by atoms with Crippen molar-refractivity contribution in [2.75, 3.05) is 17.8 Å². The number of aromatic nitrogens is 2. The van der Waals surface area contributed by atoms with Gasteiger partial charge in [-0.15, -0.1) is 0 Å². The molecule has 1 amide bonds. The van der Waals surface area contributed by atoms with E-state index in [2.05, 4.69) is 14.9 Å². The number of aryl methyl sites for hydroxylation is 1. The molecule has 1 N–H and O–H groups in total. The molecule has 3 aromatic rings. The highest BCUT2D eigenvalue weighted by Crippen LogP contribution is 2.29. The van der Waals surface area contributed by atoms with Crippen molar-refractivity contribution in [3.8, 4) is 0 Å². The summed E-state index contributed by atoms with van der Waals surface area (Å²) in [4.78, 5) is 29.3. The van der Waals surface area contributed by atoms with Crippen LogP contribution in [0.4, 0.5) is 11.4 Å². The molecule has 1 aromatic heterocycles. The molecule has 0 spiro atoms. The number of para-hydroxylation sites is 1. The lowest BCUT2D eigenvalue weighted by Gasteiger charge is -2.31. The van der Waals surface area contributed by atoms with Crippen molar-refractivity contribution >= 4 is 27.3 Å². The summed E-state index contributed by atoms with van der Waals surface area (Å²) in [6.07, 6.45) is 1.53. The molecular formula is C21H21N5O6S. The number of sulfonamides is 1. The number of anilines is 1. The van der Waals surface area contributed by atoms with Crippen LogP contribution in [0.3, 0.4) is 0 Å². The van der Waals surface area contributed by atoms with Crippen LogP contribution in [0.5, 0.6) is 0 Å². The summed E-state index contributed by atoms with van der Waals surface area (Å²) in [5, 5.41) is 14.8. The Labute approximate surface area is 189 Å². The fourth-order valence-corrected chi connectivity index (χ4v) is 4.86. The minimum absolute atomic E-state index is 0.0877. The first-order valence-electron chi connectivity index (χ1n) is 10.2. The summed E-state index contributed by atoms with van der Waals surface area (Å²) in [5.41, 5.74) is -0.0866. The van der Waals surface area contributed by atoms with Crippen LogP contribution in [-0.2, 0) is 10.0 Å². The van der Waals surface area contributed by atoms with E-state index >= 15 is 0 Å². The molecule has 172 valence electrons. The average molecular weight is 471 g/mol. The molecule has 0 radical (unpaired) electrons. The molecule has 1 aliphatic rings. The van der Waals surface area contributed by atoms with Gasteiger partial charge in [0.05, 0.1) is 27.0 Å². The van der Waals surface area contributed by atoms with Crippen LogP contribution in [0, 0.1) is 17.0 Å². The van der Waals surface area contributed by atoms with Gasteiger partial charge in [0.15, 0.2) is 5.82 Å². The molecule has 4 rings (SSSR count). The van der Waals surface area contributed by atoms with Crippen molar-refractivity contribution in [1.82, 2.24) is 15.0 Å². The first kappa shape index (κ1) is 22.4. The molecule has 0 saturated carbocycles. The fourth-order valence-electron chi connectivity index (χ4n) is 3.74. The van der Waals surface area contributed by atoms with Crippen LogP contribution in [0.1, 0.15) is 40.8 Å². The molecule has 1 atom stereocenters. The number of rotatable bonds is 6. The average Bonchev–Trinajstić information content (AvgIpc) is 3.25. The maximum atomic E-state index is 13.3. The van der Waals surface area contributed by atoms with Crippen molar-refractivity contribution in [2.24, 2.45) is 0 Å². The molecule has 11 nitrogen and oxygen atoms in total. The molecule has 0 aliphatic carbocycles. The van der Waals surface area contributed by atoms with Crippen molar-refractivity contribution in [1.29, 1.82) is 0 Å². The molecule has 33 heavy (non-hydrogen) atoms. The number of likely N-dealkylation sites (tertiary alicyclic amines) is 1. The summed E-state index contributed by atoms with van der Waals surface area (Å²) in [6, 6.07) is 11.0. The zero-order chi connectivity index (χ0) is 23.6. The Kier molecular flexibility index (Phi) is 6.09. The van der Waals surface area contributed by atoms with Gasteiger partial charge in [-0.2, -0.15) is 4.98 Å². The third kappa shape index (κ3) is 4.85. The van der Waals surface area contributed by atoms with Gasteiger partial charge >= 0.3 is 0 Å². The predicted molar refractivity (Wildman–Crippen MR) is 117 cm³/mol. The van der Waals surface area contributed by atoms with Gasteiger partial charge in [-0.1, -0.05) is 23.4 Å². The van der Waals surface area contributed by atoms with Gasteiger partial charge in [0.1, 0.15) is 0 Å². The molecule has 2 aromatic carbocycles. The van der Waals surface area contributed by atoms with Crippen LogP contribution >= 0.6 is 0 Å². The Morgan fingerprint density at radius 2 is 2.03 bits per heavy atom. The molecular weight excluding hydrogens is 450 g/mol. The fraction of sp³-hybridized carbons (Fsp3) is 0.286. The molecule has 2 heterocycles. The molecule has 1 saturated heterocycles. The van der Waals surface area contributed by atoms with Crippen molar-refractivity contribution in [3.05, 3.63) is 75.9 Å². The molecule has 1 unspecified atom stereocenters. The Hall–Kier alpha value is -3.80. The van der Waals surface area contributed by atoms with E-state index in [9.17, 15) is 23.3 Å². The Morgan fingerprint density at radius 1 is 1.24 bits per heavy atom. The Morgan fingerprint density at radius 3 is 2.76 bits per heavy atom. The standard InChI is InChI=1S/C21H21N5O6S/c1-14-22-20(32-23-14)15-6-5-11-25(13-15)21(27)18-9-2-3-10-19(18)24-33(30,31)17-8-4-7-16(12-17)26(28)29/h2-4,7-10,12,15,24H,5-6,11,13H2,1H3. The normalized spacial score (nSPS) is 16.4. The highest BCUT2D eigenvalue weighted by atomic mass is 32.2. The number of non-ortho nitro benzene ring substituents is 1. The maximum absolute atomic E-state index is 13.3. The number of carbonyl (C=O) groups excluding carboxylic acids is 1. The van der Waals surface area contributed by atoms with E-state index in [4.69, 9.17) is 4.52 Å². The lowest BCUT2D eigenvalue weighted by atomic mass is 9.97. The third-order valence-electron chi connectivity index (χ3n) is 5.34. The number of nitrogens with one attached hydrogen (secondary N) is 1. The molecule has 1 aliphatic heterocycles. The Balaban J connectivity index is 1.57.